The van der Waals surface area contributed by atoms with Crippen LogP contribution >= 0.6 is 23.2 Å². The van der Waals surface area contributed by atoms with Crippen molar-refractivity contribution in [3.05, 3.63) is 0 Å². The van der Waals surface area contributed by atoms with Crippen LogP contribution < -0.4 is 0 Å². The van der Waals surface area contributed by atoms with Crippen molar-refractivity contribution in [2.45, 2.75) is 30.0 Å². The fourth-order valence-corrected chi connectivity index (χ4v) is 3.03. The van der Waals surface area contributed by atoms with Gasteiger partial charge in [0.05, 0.1) is 0 Å². The number of alkyl halides is 2. The van der Waals surface area contributed by atoms with Crippen molar-refractivity contribution in [2.75, 3.05) is 0 Å². The zero-order valence-corrected chi connectivity index (χ0v) is 6.75. The molecule has 52 valence electrons. The summed E-state index contributed by atoms with van der Waals surface area (Å²) in [6, 6.07) is 0. The minimum Gasteiger partial charge on any atom is -0.101 e. The summed E-state index contributed by atoms with van der Waals surface area (Å²) in [5.41, 5.74) is 0. The third-order valence-corrected chi connectivity index (χ3v) is 3.63. The number of rotatable bonds is 0. The van der Waals surface area contributed by atoms with Gasteiger partial charge in [-0.25, -0.2) is 0 Å². The van der Waals surface area contributed by atoms with E-state index in [9.17, 15) is 0 Å². The highest BCUT2D eigenvalue weighted by Crippen LogP contribution is 2.56. The molecule has 2 rings (SSSR count). The zero-order valence-electron chi connectivity index (χ0n) is 5.24. The van der Waals surface area contributed by atoms with Crippen LogP contribution in [0.15, 0.2) is 0 Å². The van der Waals surface area contributed by atoms with Gasteiger partial charge in [-0.2, -0.15) is 0 Å². The Bertz CT molecular complexity index is 131. The van der Waals surface area contributed by atoms with E-state index >= 15 is 0 Å². The maximum absolute atomic E-state index is 6.03. The molecule has 2 aliphatic carbocycles. The van der Waals surface area contributed by atoms with Gasteiger partial charge in [0.25, 0.3) is 0 Å². The van der Waals surface area contributed by atoms with Gasteiger partial charge in [-0.05, 0) is 37.5 Å². The van der Waals surface area contributed by atoms with Crippen LogP contribution in [0.1, 0.15) is 25.7 Å². The Morgan fingerprint density at radius 2 is 2.00 bits per heavy atom. The molecule has 2 atom stereocenters. The molecule has 0 aromatic heterocycles. The fourth-order valence-electron chi connectivity index (χ4n) is 2.20. The second-order valence-electron chi connectivity index (χ2n) is 3.34. The van der Waals surface area contributed by atoms with E-state index in [0.717, 1.165) is 12.3 Å². The van der Waals surface area contributed by atoms with Gasteiger partial charge >= 0.3 is 0 Å². The van der Waals surface area contributed by atoms with Crippen LogP contribution in [0.5, 0.6) is 0 Å². The van der Waals surface area contributed by atoms with Crippen molar-refractivity contribution in [2.24, 2.45) is 11.8 Å². The van der Waals surface area contributed by atoms with Gasteiger partial charge < -0.3 is 0 Å². The summed E-state index contributed by atoms with van der Waals surface area (Å²) in [4.78, 5) is 0. The van der Waals surface area contributed by atoms with Crippen LogP contribution in [0.2, 0.25) is 0 Å². The van der Waals surface area contributed by atoms with E-state index in [-0.39, 0.29) is 4.33 Å². The molecule has 0 spiro atoms. The summed E-state index contributed by atoms with van der Waals surface area (Å²) < 4.78 is -0.344. The Hall–Kier alpha value is 0.580. The van der Waals surface area contributed by atoms with E-state index in [4.69, 9.17) is 23.2 Å². The molecule has 2 fully saturated rings. The van der Waals surface area contributed by atoms with Gasteiger partial charge in [0.1, 0.15) is 4.33 Å². The molecule has 0 aromatic carbocycles. The molecule has 2 bridgehead atoms. The molecule has 0 radical (unpaired) electrons. The number of hydrogen-bond acceptors (Lipinski definition) is 0. The van der Waals surface area contributed by atoms with Crippen molar-refractivity contribution >= 4 is 23.2 Å². The summed E-state index contributed by atoms with van der Waals surface area (Å²) in [6.07, 6.45) is 4.96. The van der Waals surface area contributed by atoms with Gasteiger partial charge in [0.2, 0.25) is 0 Å². The van der Waals surface area contributed by atoms with Crippen molar-refractivity contribution in [1.82, 2.24) is 0 Å². The van der Waals surface area contributed by atoms with Crippen LogP contribution in [0.4, 0.5) is 0 Å². The predicted octanol–water partition coefficient (Wildman–Crippen LogP) is 2.98. The molecule has 0 saturated heterocycles. The first-order valence-corrected chi connectivity index (χ1v) is 4.32. The topological polar surface area (TPSA) is 0 Å². The van der Waals surface area contributed by atoms with Crippen LogP contribution in [0.25, 0.3) is 0 Å². The highest BCUT2D eigenvalue weighted by Gasteiger charge is 2.48. The van der Waals surface area contributed by atoms with E-state index < -0.39 is 0 Å². The smallest absolute Gasteiger partial charge is 0.101 e. The monoisotopic (exact) mass is 164 g/mol. The number of halogens is 2. The molecule has 0 unspecified atom stereocenters. The van der Waals surface area contributed by atoms with E-state index in [1.54, 1.807) is 0 Å². The van der Waals surface area contributed by atoms with E-state index in [1.165, 1.54) is 19.3 Å². The van der Waals surface area contributed by atoms with Crippen molar-refractivity contribution in [3.63, 3.8) is 0 Å². The van der Waals surface area contributed by atoms with Gasteiger partial charge in [-0.15, -0.1) is 23.2 Å². The Morgan fingerprint density at radius 1 is 1.22 bits per heavy atom. The largest absolute Gasteiger partial charge is 0.121 e. The lowest BCUT2D eigenvalue weighted by atomic mass is 10.00. The molecule has 0 nitrogen and oxygen atoms in total. The normalized spacial score (nSPS) is 46.0. The summed E-state index contributed by atoms with van der Waals surface area (Å²) in [5, 5.41) is 0. The Morgan fingerprint density at radius 3 is 2.22 bits per heavy atom. The third-order valence-electron chi connectivity index (χ3n) is 2.70. The van der Waals surface area contributed by atoms with Gasteiger partial charge in [-0.3, -0.25) is 0 Å². The predicted molar refractivity (Wildman–Crippen MR) is 39.9 cm³/mol. The minimum absolute atomic E-state index is 0.344. The maximum Gasteiger partial charge on any atom is 0.121 e. The molecular formula is C7H10Cl2. The average molecular weight is 165 g/mol. The number of fused-ring (bicyclic) bond motifs is 2. The lowest BCUT2D eigenvalue weighted by molar-refractivity contribution is 0.455. The standard InChI is InChI=1S/C7H10Cl2/c8-7(9)4-5-1-2-6(7)3-5/h5-6H,1-4H2/t5-,6+/m1/s1. The second-order valence-corrected chi connectivity index (χ2v) is 4.88. The van der Waals surface area contributed by atoms with E-state index in [2.05, 4.69) is 0 Å². The summed E-state index contributed by atoms with van der Waals surface area (Å²) in [7, 11) is 0. The number of hydrogen-bond donors (Lipinski definition) is 0. The summed E-state index contributed by atoms with van der Waals surface area (Å²) in [5.74, 6) is 1.47. The molecule has 0 aromatic rings. The quantitative estimate of drug-likeness (QED) is 0.484. The molecule has 0 heterocycles. The van der Waals surface area contributed by atoms with Gasteiger partial charge in [-0.1, -0.05) is 0 Å². The van der Waals surface area contributed by atoms with Gasteiger partial charge in [0.15, 0.2) is 0 Å². The molecule has 0 amide bonds. The lowest BCUT2D eigenvalue weighted by Gasteiger charge is -2.23. The molecule has 2 heteroatoms. The maximum atomic E-state index is 6.03. The van der Waals surface area contributed by atoms with E-state index in [1.807, 2.05) is 0 Å². The average Bonchev–Trinajstić information content (AvgIpc) is 2.19. The fraction of sp³-hybridized carbons (Fsp3) is 1.00. The van der Waals surface area contributed by atoms with Crippen LogP contribution in [-0.2, 0) is 0 Å². The highest BCUT2D eigenvalue weighted by molar-refractivity contribution is 6.48. The first-order valence-electron chi connectivity index (χ1n) is 3.56. The summed E-state index contributed by atoms with van der Waals surface area (Å²) in [6.45, 7) is 0. The molecule has 2 saturated carbocycles. The molecule has 0 N–H and O–H groups in total. The second kappa shape index (κ2) is 1.79. The Labute approximate surface area is 65.5 Å². The molecule has 9 heavy (non-hydrogen) atoms. The minimum atomic E-state index is -0.344. The van der Waals surface area contributed by atoms with Crippen molar-refractivity contribution in [3.8, 4) is 0 Å². The third kappa shape index (κ3) is 0.877. The Kier molecular flexibility index (Phi) is 1.26. The lowest BCUT2D eigenvalue weighted by Crippen LogP contribution is -2.20. The highest BCUT2D eigenvalue weighted by atomic mass is 35.5. The van der Waals surface area contributed by atoms with Gasteiger partial charge in [0, 0.05) is 0 Å². The first kappa shape index (κ1) is 6.30. The summed E-state index contributed by atoms with van der Waals surface area (Å²) >= 11 is 12.1. The van der Waals surface area contributed by atoms with Crippen LogP contribution in [-0.4, -0.2) is 4.33 Å². The SMILES string of the molecule is ClC1(Cl)C[C@@H]2CC[C@H]1C2. The van der Waals surface area contributed by atoms with Crippen LogP contribution in [0.3, 0.4) is 0 Å². The Balaban J connectivity index is 2.18. The zero-order chi connectivity index (χ0) is 6.48. The van der Waals surface area contributed by atoms with Crippen LogP contribution in [0, 0.1) is 11.8 Å². The first-order chi connectivity index (χ1) is 4.18. The van der Waals surface area contributed by atoms with Crippen molar-refractivity contribution < 1.29 is 0 Å². The van der Waals surface area contributed by atoms with Crippen molar-refractivity contribution in [1.29, 1.82) is 0 Å². The molecular weight excluding hydrogens is 155 g/mol. The molecule has 2 aliphatic rings. The molecule has 0 aliphatic heterocycles. The van der Waals surface area contributed by atoms with E-state index in [0.29, 0.717) is 5.92 Å².